The Morgan fingerprint density at radius 1 is 1.17 bits per heavy atom. The highest BCUT2D eigenvalue weighted by molar-refractivity contribution is 6.00. The van der Waals surface area contributed by atoms with Gasteiger partial charge in [-0.1, -0.05) is 12.1 Å². The van der Waals surface area contributed by atoms with Gasteiger partial charge in [0.2, 0.25) is 5.91 Å². The van der Waals surface area contributed by atoms with Crippen LogP contribution in [0.4, 0.5) is 15.8 Å². The number of amides is 2. The van der Waals surface area contributed by atoms with Gasteiger partial charge < -0.3 is 16.0 Å². The lowest BCUT2D eigenvalue weighted by atomic mass is 9.98. The van der Waals surface area contributed by atoms with Crippen LogP contribution in [0.1, 0.15) is 28.8 Å². The standard InChI is InChI=1S/C21H23FN4O4/c22-16-5-3-14(4-6-16)11-15(20(23)27)13-24-21(28)18-12-17(26(29)30)7-8-19(18)25-9-1-2-10-25/h3-8,12,15H,1-2,9-11,13H2,(H2,23,27)(H,24,28). The molecule has 1 heterocycles. The van der Waals surface area contributed by atoms with E-state index in [1.807, 2.05) is 4.90 Å². The van der Waals surface area contributed by atoms with E-state index >= 15 is 0 Å². The van der Waals surface area contributed by atoms with Crippen LogP contribution >= 0.6 is 0 Å². The normalized spacial score (nSPS) is 14.4. The number of nitro groups is 1. The van der Waals surface area contributed by atoms with Crippen LogP contribution in [0.3, 0.4) is 0 Å². The summed E-state index contributed by atoms with van der Waals surface area (Å²) in [7, 11) is 0. The zero-order valence-corrected chi connectivity index (χ0v) is 16.3. The van der Waals surface area contributed by atoms with Gasteiger partial charge in [0.1, 0.15) is 5.82 Å². The number of nitro benzene ring substituents is 1. The Bertz CT molecular complexity index is 943. The van der Waals surface area contributed by atoms with Crippen LogP contribution in [-0.2, 0) is 11.2 Å². The van der Waals surface area contributed by atoms with E-state index in [1.165, 1.54) is 24.3 Å². The maximum absolute atomic E-state index is 13.1. The van der Waals surface area contributed by atoms with Crippen molar-refractivity contribution in [3.8, 4) is 0 Å². The number of non-ortho nitro benzene ring substituents is 1. The summed E-state index contributed by atoms with van der Waals surface area (Å²) in [4.78, 5) is 37.3. The van der Waals surface area contributed by atoms with Crippen molar-refractivity contribution in [2.45, 2.75) is 19.3 Å². The van der Waals surface area contributed by atoms with Crippen LogP contribution in [0.15, 0.2) is 42.5 Å². The van der Waals surface area contributed by atoms with E-state index in [4.69, 9.17) is 5.73 Å². The molecule has 1 fully saturated rings. The largest absolute Gasteiger partial charge is 0.371 e. The van der Waals surface area contributed by atoms with Crippen LogP contribution in [0, 0.1) is 21.8 Å². The van der Waals surface area contributed by atoms with E-state index < -0.39 is 22.7 Å². The highest BCUT2D eigenvalue weighted by Crippen LogP contribution is 2.28. The maximum atomic E-state index is 13.1. The zero-order chi connectivity index (χ0) is 21.7. The second kappa shape index (κ2) is 9.34. The SMILES string of the molecule is NC(=O)C(CNC(=O)c1cc([N+](=O)[O-])ccc1N1CCCC1)Cc1ccc(F)cc1. The van der Waals surface area contributed by atoms with E-state index in [-0.39, 0.29) is 30.0 Å². The average molecular weight is 414 g/mol. The molecule has 0 spiro atoms. The topological polar surface area (TPSA) is 119 Å². The van der Waals surface area contributed by atoms with Crippen molar-refractivity contribution in [2.24, 2.45) is 11.7 Å². The van der Waals surface area contributed by atoms with Crippen molar-refractivity contribution in [1.29, 1.82) is 0 Å². The quantitative estimate of drug-likeness (QED) is 0.508. The number of anilines is 1. The Morgan fingerprint density at radius 2 is 1.83 bits per heavy atom. The molecule has 1 atom stereocenters. The number of nitrogens with two attached hydrogens (primary N) is 1. The number of rotatable bonds is 8. The predicted octanol–water partition coefficient (Wildman–Crippen LogP) is 2.41. The fourth-order valence-electron chi connectivity index (χ4n) is 3.54. The van der Waals surface area contributed by atoms with Crippen molar-refractivity contribution in [2.75, 3.05) is 24.5 Å². The van der Waals surface area contributed by atoms with Crippen molar-refractivity contribution in [1.82, 2.24) is 5.32 Å². The molecule has 0 saturated carbocycles. The number of hydrogen-bond donors (Lipinski definition) is 2. The minimum atomic E-state index is -0.701. The number of benzene rings is 2. The molecule has 3 N–H and O–H groups in total. The summed E-state index contributed by atoms with van der Waals surface area (Å²) in [5, 5.41) is 13.8. The van der Waals surface area contributed by atoms with Gasteiger partial charge in [-0.05, 0) is 43.0 Å². The third-order valence-corrected chi connectivity index (χ3v) is 5.19. The molecule has 0 bridgehead atoms. The van der Waals surface area contributed by atoms with E-state index in [0.717, 1.165) is 25.9 Å². The average Bonchev–Trinajstić information content (AvgIpc) is 3.26. The fraction of sp³-hybridized carbons (Fsp3) is 0.333. The van der Waals surface area contributed by atoms with E-state index in [0.29, 0.717) is 11.3 Å². The Labute approximate surface area is 173 Å². The first kappa shape index (κ1) is 21.2. The van der Waals surface area contributed by atoms with Gasteiger partial charge in [0.15, 0.2) is 0 Å². The molecule has 0 aromatic heterocycles. The van der Waals surface area contributed by atoms with Gasteiger partial charge in [0, 0.05) is 31.8 Å². The molecule has 1 saturated heterocycles. The number of nitrogens with zero attached hydrogens (tertiary/aromatic N) is 2. The lowest BCUT2D eigenvalue weighted by Gasteiger charge is -2.21. The Kier molecular flexibility index (Phi) is 6.61. The van der Waals surface area contributed by atoms with Crippen LogP contribution in [0.2, 0.25) is 0 Å². The molecule has 3 rings (SSSR count). The van der Waals surface area contributed by atoms with Crippen molar-refractivity contribution < 1.29 is 18.9 Å². The Balaban J connectivity index is 1.76. The molecule has 1 unspecified atom stereocenters. The number of carbonyl (C=O) groups is 2. The summed E-state index contributed by atoms with van der Waals surface area (Å²) in [5.41, 5.74) is 6.82. The van der Waals surface area contributed by atoms with Gasteiger partial charge in [0.25, 0.3) is 11.6 Å². The van der Waals surface area contributed by atoms with Gasteiger partial charge in [-0.25, -0.2) is 4.39 Å². The van der Waals surface area contributed by atoms with Crippen molar-refractivity contribution in [3.63, 3.8) is 0 Å². The third-order valence-electron chi connectivity index (χ3n) is 5.19. The van der Waals surface area contributed by atoms with E-state index in [1.54, 1.807) is 18.2 Å². The summed E-state index contributed by atoms with van der Waals surface area (Å²) >= 11 is 0. The summed E-state index contributed by atoms with van der Waals surface area (Å²) in [6.45, 7) is 1.51. The maximum Gasteiger partial charge on any atom is 0.270 e. The first-order chi connectivity index (χ1) is 14.3. The van der Waals surface area contributed by atoms with Crippen LogP contribution in [-0.4, -0.2) is 36.4 Å². The van der Waals surface area contributed by atoms with Gasteiger partial charge in [0.05, 0.1) is 22.1 Å². The molecule has 0 radical (unpaired) electrons. The lowest BCUT2D eigenvalue weighted by Crippen LogP contribution is -2.37. The highest BCUT2D eigenvalue weighted by Gasteiger charge is 2.24. The zero-order valence-electron chi connectivity index (χ0n) is 16.3. The van der Waals surface area contributed by atoms with Gasteiger partial charge in [-0.3, -0.25) is 19.7 Å². The number of nitrogens with one attached hydrogen (secondary N) is 1. The van der Waals surface area contributed by atoms with Gasteiger partial charge >= 0.3 is 0 Å². The molecule has 2 aromatic carbocycles. The second-order valence-corrected chi connectivity index (χ2v) is 7.29. The summed E-state index contributed by atoms with van der Waals surface area (Å²) < 4.78 is 13.1. The van der Waals surface area contributed by atoms with Crippen molar-refractivity contribution >= 4 is 23.2 Å². The first-order valence-electron chi connectivity index (χ1n) is 9.70. The van der Waals surface area contributed by atoms with Crippen LogP contribution in [0.5, 0.6) is 0 Å². The molecule has 30 heavy (non-hydrogen) atoms. The van der Waals surface area contributed by atoms with E-state index in [2.05, 4.69) is 5.32 Å². The number of halogens is 1. The minimum Gasteiger partial charge on any atom is -0.371 e. The highest BCUT2D eigenvalue weighted by atomic mass is 19.1. The molecule has 0 aliphatic carbocycles. The molecule has 2 aromatic rings. The van der Waals surface area contributed by atoms with E-state index in [9.17, 15) is 24.1 Å². The molecule has 1 aliphatic rings. The first-order valence-corrected chi connectivity index (χ1v) is 9.70. The molecule has 2 amide bonds. The Hall–Kier alpha value is -3.49. The number of carbonyl (C=O) groups excluding carboxylic acids is 2. The lowest BCUT2D eigenvalue weighted by molar-refractivity contribution is -0.384. The molecular formula is C21H23FN4O4. The Morgan fingerprint density at radius 3 is 2.43 bits per heavy atom. The summed E-state index contributed by atoms with van der Waals surface area (Å²) in [6, 6.07) is 9.91. The van der Waals surface area contributed by atoms with Crippen molar-refractivity contribution in [3.05, 3.63) is 69.5 Å². The summed E-state index contributed by atoms with van der Waals surface area (Å²) in [5.74, 6) is -2.19. The minimum absolute atomic E-state index is 0.0341. The smallest absolute Gasteiger partial charge is 0.270 e. The molecule has 9 heteroatoms. The fourth-order valence-corrected chi connectivity index (χ4v) is 3.54. The second-order valence-electron chi connectivity index (χ2n) is 7.29. The molecule has 158 valence electrons. The molecule has 8 nitrogen and oxygen atoms in total. The summed E-state index contributed by atoms with van der Waals surface area (Å²) in [6.07, 6.45) is 2.21. The van der Waals surface area contributed by atoms with Gasteiger partial charge in [-0.2, -0.15) is 0 Å². The third kappa shape index (κ3) is 5.11. The molecule has 1 aliphatic heterocycles. The number of hydrogen-bond acceptors (Lipinski definition) is 5. The number of primary amides is 1. The van der Waals surface area contributed by atoms with Crippen LogP contribution < -0.4 is 16.0 Å². The predicted molar refractivity (Wildman–Crippen MR) is 110 cm³/mol. The molecular weight excluding hydrogens is 391 g/mol. The van der Waals surface area contributed by atoms with Gasteiger partial charge in [-0.15, -0.1) is 0 Å². The van der Waals surface area contributed by atoms with Crippen LogP contribution in [0.25, 0.3) is 0 Å². The monoisotopic (exact) mass is 414 g/mol.